The third-order valence-electron chi connectivity index (χ3n) is 2.53. The third kappa shape index (κ3) is 1.74. The molecule has 1 heterocycles. The van der Waals surface area contributed by atoms with Gasteiger partial charge in [0.2, 0.25) is 0 Å². The molecular weight excluding hydrogens is 196 g/mol. The van der Waals surface area contributed by atoms with Crippen LogP contribution in [0.2, 0.25) is 0 Å². The number of methoxy groups -OCH3 is 1. The number of aliphatic hydroxyl groups excluding tert-OH is 1. The molecule has 76 valence electrons. The average Bonchev–Trinajstić information content (AvgIpc) is 2.41. The monoisotopic (exact) mass is 210 g/mol. The number of ether oxygens (including phenoxy) is 1. The molecule has 2 rings (SSSR count). The molecule has 0 bridgehead atoms. The molecule has 0 spiro atoms. The van der Waals surface area contributed by atoms with E-state index < -0.39 is 0 Å². The molecule has 1 aliphatic heterocycles. The van der Waals surface area contributed by atoms with Gasteiger partial charge in [-0.2, -0.15) is 11.8 Å². The molecule has 0 saturated carbocycles. The van der Waals surface area contributed by atoms with Gasteiger partial charge in [0.05, 0.1) is 13.2 Å². The number of hydrogen-bond donors (Lipinski definition) is 1. The molecule has 2 nitrogen and oxygen atoms in total. The average molecular weight is 210 g/mol. The highest BCUT2D eigenvalue weighted by atomic mass is 32.2. The lowest BCUT2D eigenvalue weighted by molar-refractivity contribution is 0.174. The van der Waals surface area contributed by atoms with E-state index in [1.807, 2.05) is 30.0 Å². The van der Waals surface area contributed by atoms with Gasteiger partial charge in [0.15, 0.2) is 0 Å². The number of benzene rings is 1. The first-order chi connectivity index (χ1) is 6.83. The van der Waals surface area contributed by atoms with Crippen molar-refractivity contribution in [1.82, 2.24) is 0 Å². The standard InChI is InChI=1S/C11H14O2S/c1-13-11-4-2-3-8-9(11)7-14-6-5-10(8)12/h2-4,10,12H,5-7H2,1H3/t10-/m0/s1. The van der Waals surface area contributed by atoms with Crippen LogP contribution in [-0.4, -0.2) is 18.0 Å². The Bertz CT molecular complexity index is 325. The van der Waals surface area contributed by atoms with Gasteiger partial charge in [-0.15, -0.1) is 0 Å². The summed E-state index contributed by atoms with van der Waals surface area (Å²) < 4.78 is 5.29. The molecule has 0 amide bonds. The predicted molar refractivity (Wildman–Crippen MR) is 58.7 cm³/mol. The SMILES string of the molecule is COc1cccc2c1CSCC[C@@H]2O. The number of hydrogen-bond acceptors (Lipinski definition) is 3. The molecule has 14 heavy (non-hydrogen) atoms. The maximum Gasteiger partial charge on any atom is 0.123 e. The van der Waals surface area contributed by atoms with Crippen molar-refractivity contribution in [2.45, 2.75) is 18.3 Å². The lowest BCUT2D eigenvalue weighted by Gasteiger charge is -2.13. The molecule has 1 N–H and O–H groups in total. The molecule has 1 aromatic rings. The fraction of sp³-hybridized carbons (Fsp3) is 0.455. The van der Waals surface area contributed by atoms with E-state index in [0.717, 1.165) is 34.8 Å². The van der Waals surface area contributed by atoms with Crippen LogP contribution in [0.4, 0.5) is 0 Å². The highest BCUT2D eigenvalue weighted by molar-refractivity contribution is 7.98. The van der Waals surface area contributed by atoms with Crippen LogP contribution in [0.25, 0.3) is 0 Å². The summed E-state index contributed by atoms with van der Waals surface area (Å²) in [6.45, 7) is 0. The smallest absolute Gasteiger partial charge is 0.123 e. The minimum absolute atomic E-state index is 0.324. The second-order valence-electron chi connectivity index (χ2n) is 3.39. The first kappa shape index (κ1) is 9.87. The van der Waals surface area contributed by atoms with Crippen LogP contribution in [0.1, 0.15) is 23.7 Å². The van der Waals surface area contributed by atoms with Crippen LogP contribution in [0, 0.1) is 0 Å². The summed E-state index contributed by atoms with van der Waals surface area (Å²) in [5, 5.41) is 9.89. The molecule has 0 aliphatic carbocycles. The zero-order valence-electron chi connectivity index (χ0n) is 8.19. The Labute approximate surface area is 88.3 Å². The molecule has 1 atom stereocenters. The zero-order chi connectivity index (χ0) is 9.97. The van der Waals surface area contributed by atoms with E-state index in [2.05, 4.69) is 0 Å². The van der Waals surface area contributed by atoms with Crippen LogP contribution in [0.3, 0.4) is 0 Å². The van der Waals surface area contributed by atoms with Crippen molar-refractivity contribution in [2.24, 2.45) is 0 Å². The fourth-order valence-corrected chi connectivity index (χ4v) is 2.81. The van der Waals surface area contributed by atoms with Crippen LogP contribution >= 0.6 is 11.8 Å². The van der Waals surface area contributed by atoms with Crippen molar-refractivity contribution in [3.63, 3.8) is 0 Å². The third-order valence-corrected chi connectivity index (χ3v) is 3.55. The maximum absolute atomic E-state index is 9.89. The summed E-state index contributed by atoms with van der Waals surface area (Å²) >= 11 is 1.85. The number of fused-ring (bicyclic) bond motifs is 1. The van der Waals surface area contributed by atoms with Gasteiger partial charge in [0.1, 0.15) is 5.75 Å². The molecule has 0 fully saturated rings. The largest absolute Gasteiger partial charge is 0.496 e. The van der Waals surface area contributed by atoms with Crippen molar-refractivity contribution < 1.29 is 9.84 Å². The summed E-state index contributed by atoms with van der Waals surface area (Å²) in [4.78, 5) is 0. The Morgan fingerprint density at radius 3 is 3.14 bits per heavy atom. The predicted octanol–water partition coefficient (Wildman–Crippen LogP) is 2.37. The van der Waals surface area contributed by atoms with Crippen LogP contribution < -0.4 is 4.74 Å². The summed E-state index contributed by atoms with van der Waals surface area (Å²) in [6, 6.07) is 5.89. The Balaban J connectivity index is 2.46. The van der Waals surface area contributed by atoms with E-state index >= 15 is 0 Å². The topological polar surface area (TPSA) is 29.5 Å². The summed E-state index contributed by atoms with van der Waals surface area (Å²) in [5.74, 6) is 2.85. The molecule has 1 aromatic carbocycles. The van der Waals surface area contributed by atoms with E-state index in [4.69, 9.17) is 4.74 Å². The van der Waals surface area contributed by atoms with Crippen LogP contribution in [0.5, 0.6) is 5.75 Å². The van der Waals surface area contributed by atoms with E-state index in [1.165, 1.54) is 0 Å². The highest BCUT2D eigenvalue weighted by Gasteiger charge is 2.18. The van der Waals surface area contributed by atoms with E-state index in [9.17, 15) is 5.11 Å². The molecule has 3 heteroatoms. The van der Waals surface area contributed by atoms with Crippen LogP contribution in [0.15, 0.2) is 18.2 Å². The maximum atomic E-state index is 9.89. The Hall–Kier alpha value is -0.670. The van der Waals surface area contributed by atoms with Gasteiger partial charge in [0.25, 0.3) is 0 Å². The van der Waals surface area contributed by atoms with Gasteiger partial charge >= 0.3 is 0 Å². The zero-order valence-corrected chi connectivity index (χ0v) is 9.01. The molecule has 1 aliphatic rings. The van der Waals surface area contributed by atoms with E-state index in [1.54, 1.807) is 7.11 Å². The first-order valence-electron chi connectivity index (χ1n) is 4.74. The summed E-state index contributed by atoms with van der Waals surface area (Å²) in [6.07, 6.45) is 0.514. The number of aliphatic hydroxyl groups is 1. The van der Waals surface area contributed by atoms with E-state index in [0.29, 0.717) is 0 Å². The summed E-state index contributed by atoms with van der Waals surface area (Å²) in [5.41, 5.74) is 2.19. The number of thioether (sulfide) groups is 1. The van der Waals surface area contributed by atoms with E-state index in [-0.39, 0.29) is 6.10 Å². The molecule has 0 aromatic heterocycles. The van der Waals surface area contributed by atoms with Crippen molar-refractivity contribution in [3.05, 3.63) is 29.3 Å². The van der Waals surface area contributed by atoms with Gasteiger partial charge in [-0.1, -0.05) is 12.1 Å². The minimum atomic E-state index is -0.324. The van der Waals surface area contributed by atoms with Crippen LogP contribution in [-0.2, 0) is 5.75 Å². The normalized spacial score (nSPS) is 21.1. The van der Waals surface area contributed by atoms with Gasteiger partial charge in [-0.25, -0.2) is 0 Å². The number of rotatable bonds is 1. The second-order valence-corrected chi connectivity index (χ2v) is 4.49. The Morgan fingerprint density at radius 2 is 2.36 bits per heavy atom. The van der Waals surface area contributed by atoms with Crippen molar-refractivity contribution in [2.75, 3.05) is 12.9 Å². The first-order valence-corrected chi connectivity index (χ1v) is 5.90. The highest BCUT2D eigenvalue weighted by Crippen LogP contribution is 2.35. The second kappa shape index (κ2) is 4.24. The van der Waals surface area contributed by atoms with Crippen molar-refractivity contribution in [1.29, 1.82) is 0 Å². The van der Waals surface area contributed by atoms with Gasteiger partial charge in [-0.05, 0) is 23.8 Å². The quantitative estimate of drug-likeness (QED) is 0.771. The van der Waals surface area contributed by atoms with Gasteiger partial charge in [0, 0.05) is 11.3 Å². The molecule has 0 unspecified atom stereocenters. The Morgan fingerprint density at radius 1 is 1.50 bits per heavy atom. The van der Waals surface area contributed by atoms with Crippen molar-refractivity contribution in [3.8, 4) is 5.75 Å². The minimum Gasteiger partial charge on any atom is -0.496 e. The van der Waals surface area contributed by atoms with Crippen molar-refractivity contribution >= 4 is 11.8 Å². The lowest BCUT2D eigenvalue weighted by Crippen LogP contribution is -2.01. The summed E-state index contributed by atoms with van der Waals surface area (Å²) in [7, 11) is 1.68. The lowest BCUT2D eigenvalue weighted by atomic mass is 10.0. The van der Waals surface area contributed by atoms with Gasteiger partial charge in [-0.3, -0.25) is 0 Å². The Kier molecular flexibility index (Phi) is 2.99. The molecule has 0 radical (unpaired) electrons. The fourth-order valence-electron chi connectivity index (χ4n) is 1.77. The van der Waals surface area contributed by atoms with Gasteiger partial charge < -0.3 is 9.84 Å². The molecule has 0 saturated heterocycles. The molecular formula is C11H14O2S.